The molecule has 0 fully saturated rings. The molecule has 2 unspecified atom stereocenters. The van der Waals surface area contributed by atoms with Gasteiger partial charge in [0.15, 0.2) is 0 Å². The van der Waals surface area contributed by atoms with E-state index in [-0.39, 0.29) is 5.92 Å². The molecule has 0 saturated carbocycles. The summed E-state index contributed by atoms with van der Waals surface area (Å²) in [6, 6.07) is -1.28. The molecule has 1 rings (SSSR count). The molecule has 0 aromatic carbocycles. The van der Waals surface area contributed by atoms with Crippen LogP contribution in [0.1, 0.15) is 44.0 Å². The second-order valence-corrected chi connectivity index (χ2v) is 5.58. The molecular formula is C13H21N3O3S. The van der Waals surface area contributed by atoms with Crippen LogP contribution in [0.5, 0.6) is 0 Å². The number of carboxylic acid groups (broad SMARTS) is 1. The monoisotopic (exact) mass is 299 g/mol. The van der Waals surface area contributed by atoms with Crippen LogP contribution in [0.25, 0.3) is 0 Å². The fourth-order valence-corrected chi connectivity index (χ4v) is 2.38. The van der Waals surface area contributed by atoms with E-state index in [2.05, 4.69) is 15.6 Å². The van der Waals surface area contributed by atoms with Crippen molar-refractivity contribution in [3.63, 3.8) is 0 Å². The summed E-state index contributed by atoms with van der Waals surface area (Å²) in [5, 5.41) is 17.0. The lowest BCUT2D eigenvalue weighted by atomic mass is 10.1. The lowest BCUT2D eigenvalue weighted by Gasteiger charge is -2.16. The minimum atomic E-state index is -0.999. The van der Waals surface area contributed by atoms with Crippen LogP contribution in [0.3, 0.4) is 0 Å². The van der Waals surface area contributed by atoms with Gasteiger partial charge in [0, 0.05) is 24.0 Å². The quantitative estimate of drug-likeness (QED) is 0.686. The third kappa shape index (κ3) is 5.56. The van der Waals surface area contributed by atoms with Crippen LogP contribution in [-0.2, 0) is 4.79 Å². The molecule has 0 aliphatic heterocycles. The van der Waals surface area contributed by atoms with Crippen LogP contribution in [0.15, 0.2) is 11.6 Å². The molecule has 0 spiro atoms. The van der Waals surface area contributed by atoms with Crippen LogP contribution in [0, 0.1) is 0 Å². The Morgan fingerprint density at radius 3 is 2.80 bits per heavy atom. The molecular weight excluding hydrogens is 278 g/mol. The molecule has 6 nitrogen and oxygen atoms in total. The maximum Gasteiger partial charge on any atom is 0.326 e. The Bertz CT molecular complexity index is 423. The van der Waals surface area contributed by atoms with E-state index in [1.165, 1.54) is 11.3 Å². The van der Waals surface area contributed by atoms with Crippen LogP contribution in [0.4, 0.5) is 4.79 Å². The van der Waals surface area contributed by atoms with Crippen LogP contribution < -0.4 is 10.6 Å². The Morgan fingerprint density at radius 2 is 2.25 bits per heavy atom. The lowest BCUT2D eigenvalue weighted by molar-refractivity contribution is -0.139. The Kier molecular flexibility index (Phi) is 7.00. The molecule has 112 valence electrons. The van der Waals surface area contributed by atoms with Crippen molar-refractivity contribution in [1.82, 2.24) is 15.6 Å². The second kappa shape index (κ2) is 8.52. The first-order chi connectivity index (χ1) is 9.54. The van der Waals surface area contributed by atoms with E-state index >= 15 is 0 Å². The van der Waals surface area contributed by atoms with E-state index in [9.17, 15) is 9.59 Å². The van der Waals surface area contributed by atoms with E-state index in [1.54, 1.807) is 6.20 Å². The van der Waals surface area contributed by atoms with Crippen molar-refractivity contribution in [3.05, 3.63) is 16.6 Å². The molecule has 1 aromatic heterocycles. The fraction of sp³-hybridized carbons (Fsp3) is 0.615. The highest BCUT2D eigenvalue weighted by atomic mass is 32.1. The first kappa shape index (κ1) is 16.4. The molecule has 3 N–H and O–H groups in total. The number of urea groups is 1. The van der Waals surface area contributed by atoms with Crippen molar-refractivity contribution in [1.29, 1.82) is 0 Å². The molecule has 7 heteroatoms. The lowest BCUT2D eigenvalue weighted by Crippen LogP contribution is -2.46. The molecule has 0 radical (unpaired) electrons. The van der Waals surface area contributed by atoms with Gasteiger partial charge in [-0.2, -0.15) is 0 Å². The average Bonchev–Trinajstić information content (AvgIpc) is 2.94. The van der Waals surface area contributed by atoms with Gasteiger partial charge in [-0.25, -0.2) is 14.6 Å². The molecule has 0 bridgehead atoms. The standard InChI is InChI=1S/C13H21N3O3S/c1-3-4-5-10(12(17)18)16-13(19)15-8-9(2)11-14-6-7-20-11/h6-7,9-10H,3-5,8H2,1-2H3,(H,17,18)(H2,15,16,19). The molecule has 2 atom stereocenters. The zero-order valence-corrected chi connectivity index (χ0v) is 12.6. The smallest absolute Gasteiger partial charge is 0.326 e. The number of hydrogen-bond acceptors (Lipinski definition) is 4. The molecule has 20 heavy (non-hydrogen) atoms. The van der Waals surface area contributed by atoms with Crippen molar-refractivity contribution >= 4 is 23.3 Å². The van der Waals surface area contributed by atoms with E-state index in [0.717, 1.165) is 17.8 Å². The van der Waals surface area contributed by atoms with Crippen molar-refractivity contribution in [3.8, 4) is 0 Å². The molecule has 1 heterocycles. The largest absolute Gasteiger partial charge is 0.480 e. The zero-order valence-electron chi connectivity index (χ0n) is 11.8. The van der Waals surface area contributed by atoms with Crippen LogP contribution in [-0.4, -0.2) is 34.7 Å². The minimum absolute atomic E-state index is 0.111. The Balaban J connectivity index is 2.36. The van der Waals surface area contributed by atoms with E-state index < -0.39 is 18.0 Å². The number of carbonyl (C=O) groups is 2. The predicted molar refractivity (Wildman–Crippen MR) is 78.0 cm³/mol. The average molecular weight is 299 g/mol. The Morgan fingerprint density at radius 1 is 1.50 bits per heavy atom. The number of unbranched alkanes of at least 4 members (excludes halogenated alkanes) is 1. The van der Waals surface area contributed by atoms with Gasteiger partial charge in [-0.15, -0.1) is 11.3 Å². The maximum absolute atomic E-state index is 11.7. The normalized spacial score (nSPS) is 13.5. The van der Waals surface area contributed by atoms with Gasteiger partial charge in [-0.05, 0) is 6.42 Å². The Labute approximate surface area is 122 Å². The molecule has 0 saturated heterocycles. The molecule has 1 aromatic rings. The van der Waals surface area contributed by atoms with Gasteiger partial charge in [0.2, 0.25) is 0 Å². The highest BCUT2D eigenvalue weighted by Gasteiger charge is 2.19. The number of carboxylic acids is 1. The number of nitrogens with zero attached hydrogens (tertiary/aromatic N) is 1. The van der Waals surface area contributed by atoms with Crippen molar-refractivity contribution in [2.45, 2.75) is 45.1 Å². The number of nitrogens with one attached hydrogen (secondary N) is 2. The van der Waals surface area contributed by atoms with Crippen LogP contribution in [0.2, 0.25) is 0 Å². The number of amides is 2. The van der Waals surface area contributed by atoms with Crippen LogP contribution >= 0.6 is 11.3 Å². The zero-order chi connectivity index (χ0) is 15.0. The van der Waals surface area contributed by atoms with Crippen molar-refractivity contribution in [2.75, 3.05) is 6.54 Å². The SMILES string of the molecule is CCCCC(NC(=O)NCC(C)c1nccs1)C(=O)O. The number of rotatable bonds is 8. The van der Waals surface area contributed by atoms with Gasteiger partial charge in [0.25, 0.3) is 0 Å². The summed E-state index contributed by atoms with van der Waals surface area (Å²) < 4.78 is 0. The third-order valence-electron chi connectivity index (χ3n) is 2.89. The van der Waals surface area contributed by atoms with Gasteiger partial charge in [-0.1, -0.05) is 26.7 Å². The minimum Gasteiger partial charge on any atom is -0.480 e. The summed E-state index contributed by atoms with van der Waals surface area (Å²) in [5.74, 6) is -0.888. The summed E-state index contributed by atoms with van der Waals surface area (Å²) in [5.41, 5.74) is 0. The summed E-state index contributed by atoms with van der Waals surface area (Å²) >= 11 is 1.54. The highest BCUT2D eigenvalue weighted by molar-refractivity contribution is 7.09. The predicted octanol–water partition coefficient (Wildman–Crippen LogP) is 2.19. The van der Waals surface area contributed by atoms with E-state index in [1.807, 2.05) is 19.2 Å². The first-order valence-corrected chi connectivity index (χ1v) is 7.59. The maximum atomic E-state index is 11.7. The van der Waals surface area contributed by atoms with Gasteiger partial charge in [0.05, 0.1) is 5.01 Å². The second-order valence-electron chi connectivity index (χ2n) is 4.66. The molecule has 0 aliphatic carbocycles. The van der Waals surface area contributed by atoms with Crippen molar-refractivity contribution in [2.24, 2.45) is 0 Å². The number of thiazole rings is 1. The van der Waals surface area contributed by atoms with Gasteiger partial charge in [-0.3, -0.25) is 0 Å². The molecule has 0 aliphatic rings. The number of carbonyl (C=O) groups excluding carboxylic acids is 1. The number of aliphatic carboxylic acids is 1. The number of aromatic nitrogens is 1. The summed E-state index contributed by atoms with van der Waals surface area (Å²) in [6.07, 6.45) is 3.84. The topological polar surface area (TPSA) is 91.3 Å². The summed E-state index contributed by atoms with van der Waals surface area (Å²) in [4.78, 5) is 26.9. The number of hydrogen-bond donors (Lipinski definition) is 3. The van der Waals surface area contributed by atoms with Crippen molar-refractivity contribution < 1.29 is 14.7 Å². The van der Waals surface area contributed by atoms with E-state index in [4.69, 9.17) is 5.11 Å². The molecule has 2 amide bonds. The van der Waals surface area contributed by atoms with E-state index in [0.29, 0.717) is 13.0 Å². The summed E-state index contributed by atoms with van der Waals surface area (Å²) in [6.45, 7) is 4.37. The van der Waals surface area contributed by atoms with Gasteiger partial charge >= 0.3 is 12.0 Å². The first-order valence-electron chi connectivity index (χ1n) is 6.71. The van der Waals surface area contributed by atoms with Gasteiger partial charge in [0.1, 0.15) is 6.04 Å². The Hall–Kier alpha value is -1.63. The highest BCUT2D eigenvalue weighted by Crippen LogP contribution is 2.16. The third-order valence-corrected chi connectivity index (χ3v) is 3.90. The van der Waals surface area contributed by atoms with Gasteiger partial charge < -0.3 is 15.7 Å². The summed E-state index contributed by atoms with van der Waals surface area (Å²) in [7, 11) is 0. The fourth-order valence-electron chi connectivity index (χ4n) is 1.69.